The van der Waals surface area contributed by atoms with Gasteiger partial charge in [0.1, 0.15) is 5.03 Å². The number of fused-ring (bicyclic) bond motifs is 1. The maximum absolute atomic E-state index is 12.1. The van der Waals surface area contributed by atoms with Crippen molar-refractivity contribution in [3.63, 3.8) is 0 Å². The molecule has 1 heterocycles. The molecule has 0 saturated carbocycles. The van der Waals surface area contributed by atoms with Crippen LogP contribution >= 0.6 is 35.0 Å². The van der Waals surface area contributed by atoms with Gasteiger partial charge in [-0.25, -0.2) is 9.97 Å². The van der Waals surface area contributed by atoms with Crippen molar-refractivity contribution < 1.29 is 4.79 Å². The molecule has 3 rings (SSSR count). The van der Waals surface area contributed by atoms with Crippen LogP contribution in [0.25, 0.3) is 11.0 Å². The molecular formula is C18H15Cl2N3OS. The Labute approximate surface area is 160 Å². The van der Waals surface area contributed by atoms with E-state index in [1.807, 2.05) is 31.2 Å². The normalized spacial score (nSPS) is 10.8. The van der Waals surface area contributed by atoms with Gasteiger partial charge in [0.25, 0.3) is 0 Å². The fourth-order valence-electron chi connectivity index (χ4n) is 2.27. The summed E-state index contributed by atoms with van der Waals surface area (Å²) in [7, 11) is 0. The highest BCUT2D eigenvalue weighted by Crippen LogP contribution is 2.30. The fraction of sp³-hybridized carbons (Fsp3) is 0.167. The molecule has 0 saturated heterocycles. The third-order valence-electron chi connectivity index (χ3n) is 3.50. The number of para-hydroxylation sites is 3. The molecular weight excluding hydrogens is 377 g/mol. The number of thioether (sulfide) groups is 1. The summed E-state index contributed by atoms with van der Waals surface area (Å²) in [6, 6.07) is 12.8. The van der Waals surface area contributed by atoms with Crippen LogP contribution in [0.3, 0.4) is 0 Å². The van der Waals surface area contributed by atoms with Gasteiger partial charge in [-0.2, -0.15) is 0 Å². The SMILES string of the molecule is Cc1nc2ccccc2nc1SCCC(=O)Nc1c(Cl)cccc1Cl. The number of carbonyl (C=O) groups excluding carboxylic acids is 1. The van der Waals surface area contributed by atoms with Crippen LogP contribution in [0.2, 0.25) is 10.0 Å². The lowest BCUT2D eigenvalue weighted by atomic mass is 10.3. The molecule has 4 nitrogen and oxygen atoms in total. The Hall–Kier alpha value is -1.82. The summed E-state index contributed by atoms with van der Waals surface area (Å²) in [4.78, 5) is 21.3. The average molecular weight is 392 g/mol. The highest BCUT2D eigenvalue weighted by molar-refractivity contribution is 7.99. The fourth-order valence-corrected chi connectivity index (χ4v) is 3.66. The average Bonchev–Trinajstić information content (AvgIpc) is 2.59. The smallest absolute Gasteiger partial charge is 0.225 e. The number of hydrogen-bond donors (Lipinski definition) is 1. The second-order valence-corrected chi connectivity index (χ2v) is 7.24. The first kappa shape index (κ1) is 18.0. The maximum Gasteiger partial charge on any atom is 0.225 e. The Balaban J connectivity index is 1.61. The maximum atomic E-state index is 12.1. The number of rotatable bonds is 5. The van der Waals surface area contributed by atoms with E-state index in [2.05, 4.69) is 15.3 Å². The van der Waals surface area contributed by atoms with Crippen LogP contribution in [-0.4, -0.2) is 21.6 Å². The van der Waals surface area contributed by atoms with E-state index < -0.39 is 0 Å². The van der Waals surface area contributed by atoms with Crippen LogP contribution in [0, 0.1) is 6.92 Å². The molecule has 0 bridgehead atoms. The number of nitrogens with one attached hydrogen (secondary N) is 1. The number of aromatic nitrogens is 2. The molecule has 1 aromatic heterocycles. The molecule has 0 spiro atoms. The Kier molecular flexibility index (Phi) is 5.78. The van der Waals surface area contributed by atoms with E-state index in [-0.39, 0.29) is 5.91 Å². The zero-order valence-electron chi connectivity index (χ0n) is 13.4. The summed E-state index contributed by atoms with van der Waals surface area (Å²) >= 11 is 13.6. The quantitative estimate of drug-likeness (QED) is 0.594. The molecule has 3 aromatic rings. The van der Waals surface area contributed by atoms with Gasteiger partial charge in [0.05, 0.1) is 32.5 Å². The summed E-state index contributed by atoms with van der Waals surface area (Å²) in [5.74, 6) is 0.441. The number of anilines is 1. The minimum atomic E-state index is -0.145. The van der Waals surface area contributed by atoms with Crippen LogP contribution in [-0.2, 0) is 4.79 Å². The van der Waals surface area contributed by atoms with Crippen molar-refractivity contribution >= 4 is 57.6 Å². The molecule has 0 unspecified atom stereocenters. The first-order valence-electron chi connectivity index (χ1n) is 7.64. The third kappa shape index (κ3) is 4.42. The van der Waals surface area contributed by atoms with Crippen molar-refractivity contribution in [2.75, 3.05) is 11.1 Å². The predicted octanol–water partition coefficient (Wildman–Crippen LogP) is 5.37. The molecule has 25 heavy (non-hydrogen) atoms. The zero-order valence-corrected chi connectivity index (χ0v) is 15.8. The molecule has 0 aliphatic carbocycles. The van der Waals surface area contributed by atoms with E-state index in [9.17, 15) is 4.79 Å². The van der Waals surface area contributed by atoms with Crippen LogP contribution < -0.4 is 5.32 Å². The first-order chi connectivity index (χ1) is 12.0. The molecule has 2 aromatic carbocycles. The van der Waals surface area contributed by atoms with Crippen molar-refractivity contribution in [1.29, 1.82) is 0 Å². The van der Waals surface area contributed by atoms with Gasteiger partial charge in [-0.3, -0.25) is 4.79 Å². The van der Waals surface area contributed by atoms with Gasteiger partial charge in [-0.1, -0.05) is 41.4 Å². The topological polar surface area (TPSA) is 54.9 Å². The van der Waals surface area contributed by atoms with Crippen molar-refractivity contribution in [2.45, 2.75) is 18.4 Å². The van der Waals surface area contributed by atoms with Gasteiger partial charge in [-0.15, -0.1) is 11.8 Å². The molecule has 0 aliphatic heterocycles. The lowest BCUT2D eigenvalue weighted by Gasteiger charge is -2.09. The molecule has 1 amide bonds. The van der Waals surface area contributed by atoms with Gasteiger partial charge >= 0.3 is 0 Å². The van der Waals surface area contributed by atoms with E-state index in [0.717, 1.165) is 21.8 Å². The lowest BCUT2D eigenvalue weighted by molar-refractivity contribution is -0.115. The Morgan fingerprint density at radius 2 is 1.68 bits per heavy atom. The summed E-state index contributed by atoms with van der Waals surface area (Å²) in [5, 5.41) is 4.43. The van der Waals surface area contributed by atoms with Crippen molar-refractivity contribution in [3.05, 3.63) is 58.2 Å². The van der Waals surface area contributed by atoms with Gasteiger partial charge in [0, 0.05) is 12.2 Å². The van der Waals surface area contributed by atoms with Gasteiger partial charge in [0.15, 0.2) is 0 Å². The van der Waals surface area contributed by atoms with Crippen molar-refractivity contribution in [3.8, 4) is 0 Å². The van der Waals surface area contributed by atoms with Crippen LogP contribution in [0.4, 0.5) is 5.69 Å². The Morgan fingerprint density at radius 1 is 1.04 bits per heavy atom. The monoisotopic (exact) mass is 391 g/mol. The highest BCUT2D eigenvalue weighted by Gasteiger charge is 2.11. The van der Waals surface area contributed by atoms with Gasteiger partial charge in [0.2, 0.25) is 5.91 Å². The number of amides is 1. The van der Waals surface area contributed by atoms with E-state index in [4.69, 9.17) is 23.2 Å². The number of halogens is 2. The second kappa shape index (κ2) is 8.04. The molecule has 128 valence electrons. The van der Waals surface area contributed by atoms with Crippen molar-refractivity contribution in [2.24, 2.45) is 0 Å². The van der Waals surface area contributed by atoms with Gasteiger partial charge in [-0.05, 0) is 31.2 Å². The summed E-state index contributed by atoms with van der Waals surface area (Å²) in [6.45, 7) is 1.92. The van der Waals surface area contributed by atoms with E-state index in [0.29, 0.717) is 27.9 Å². The number of aryl methyl sites for hydroxylation is 1. The minimum absolute atomic E-state index is 0.145. The third-order valence-corrected chi connectivity index (χ3v) is 5.19. The van der Waals surface area contributed by atoms with E-state index >= 15 is 0 Å². The number of nitrogens with zero attached hydrogens (tertiary/aromatic N) is 2. The second-order valence-electron chi connectivity index (χ2n) is 5.35. The Morgan fingerprint density at radius 3 is 2.36 bits per heavy atom. The predicted molar refractivity (Wildman–Crippen MR) is 105 cm³/mol. The van der Waals surface area contributed by atoms with Crippen molar-refractivity contribution in [1.82, 2.24) is 9.97 Å². The first-order valence-corrected chi connectivity index (χ1v) is 9.39. The summed E-state index contributed by atoms with van der Waals surface area (Å²) in [6.07, 6.45) is 0.320. The molecule has 0 aliphatic rings. The molecule has 0 fully saturated rings. The minimum Gasteiger partial charge on any atom is -0.324 e. The van der Waals surface area contributed by atoms with E-state index in [1.54, 1.807) is 18.2 Å². The molecule has 7 heteroatoms. The zero-order chi connectivity index (χ0) is 17.8. The summed E-state index contributed by atoms with van der Waals surface area (Å²) in [5.41, 5.74) is 3.03. The lowest BCUT2D eigenvalue weighted by Crippen LogP contribution is -2.13. The van der Waals surface area contributed by atoms with Crippen LogP contribution in [0.15, 0.2) is 47.5 Å². The standard InChI is InChI=1S/C18H15Cl2N3OS/c1-11-18(22-15-8-3-2-7-14(15)21-11)25-10-9-16(24)23-17-12(19)5-4-6-13(17)20/h2-8H,9-10H2,1H3,(H,23,24). The molecule has 0 radical (unpaired) electrons. The Bertz CT molecular complexity index is 913. The number of carbonyl (C=O) groups is 1. The molecule has 1 N–H and O–H groups in total. The van der Waals surface area contributed by atoms with Gasteiger partial charge < -0.3 is 5.32 Å². The largest absolute Gasteiger partial charge is 0.324 e. The number of hydrogen-bond acceptors (Lipinski definition) is 4. The highest BCUT2D eigenvalue weighted by atomic mass is 35.5. The number of benzene rings is 2. The molecule has 0 atom stereocenters. The van der Waals surface area contributed by atoms with E-state index in [1.165, 1.54) is 11.8 Å². The van der Waals surface area contributed by atoms with Crippen LogP contribution in [0.1, 0.15) is 12.1 Å². The summed E-state index contributed by atoms with van der Waals surface area (Å²) < 4.78 is 0. The van der Waals surface area contributed by atoms with Crippen LogP contribution in [0.5, 0.6) is 0 Å².